The fourth-order valence-electron chi connectivity index (χ4n) is 2.71. The summed E-state index contributed by atoms with van der Waals surface area (Å²) in [5.74, 6) is -0.324. The van der Waals surface area contributed by atoms with Gasteiger partial charge in [0.15, 0.2) is 0 Å². The number of rotatable bonds is 6. The highest BCUT2D eigenvalue weighted by atomic mass is 32.1. The second kappa shape index (κ2) is 7.11. The number of fused-ring (bicyclic) bond motifs is 1. The molecule has 0 unspecified atom stereocenters. The number of amides is 2. The summed E-state index contributed by atoms with van der Waals surface area (Å²) in [4.78, 5) is 28.6. The van der Waals surface area contributed by atoms with Gasteiger partial charge in [-0.2, -0.15) is 0 Å². The number of hydrogen-bond donors (Lipinski definition) is 2. The van der Waals surface area contributed by atoms with Gasteiger partial charge in [0.25, 0.3) is 5.91 Å². The lowest BCUT2D eigenvalue weighted by molar-refractivity contribution is -0.131. The first-order chi connectivity index (χ1) is 10.4. The van der Waals surface area contributed by atoms with Crippen molar-refractivity contribution < 1.29 is 9.59 Å². The Balaban J connectivity index is 1.99. The highest BCUT2D eigenvalue weighted by Crippen LogP contribution is 2.34. The number of nitrogens with two attached hydrogens (primary N) is 2. The van der Waals surface area contributed by atoms with E-state index in [1.165, 1.54) is 11.3 Å². The minimum absolute atomic E-state index is 0.136. The van der Waals surface area contributed by atoms with Gasteiger partial charge in [-0.05, 0) is 18.4 Å². The molecule has 22 heavy (non-hydrogen) atoms. The molecule has 2 rings (SSSR count). The number of thiophene rings is 1. The highest BCUT2D eigenvalue weighted by molar-refractivity contribution is 7.16. The number of carbonyl (C=O) groups is 2. The molecule has 1 aliphatic rings. The fourth-order valence-corrected chi connectivity index (χ4v) is 3.88. The third kappa shape index (κ3) is 3.59. The molecule has 2 heterocycles. The number of primary amides is 1. The number of nitrogen functional groups attached to an aromatic ring is 1. The SMILES string of the molecule is CCCCN(C)C(=O)CN1CCc2c(sc(N)c2C(N)=O)C1. The minimum atomic E-state index is -0.459. The molecule has 0 atom stereocenters. The van der Waals surface area contributed by atoms with Crippen LogP contribution in [0.4, 0.5) is 5.00 Å². The summed E-state index contributed by atoms with van der Waals surface area (Å²) in [5, 5.41) is 0.491. The molecular weight excluding hydrogens is 300 g/mol. The number of unbranched alkanes of at least 4 members (excludes halogenated alkanes) is 1. The Morgan fingerprint density at radius 3 is 2.77 bits per heavy atom. The van der Waals surface area contributed by atoms with Crippen LogP contribution < -0.4 is 11.5 Å². The third-order valence-corrected chi connectivity index (χ3v) is 5.09. The predicted molar refractivity (Wildman–Crippen MR) is 88.8 cm³/mol. The summed E-state index contributed by atoms with van der Waals surface area (Å²) in [6.07, 6.45) is 2.82. The molecule has 1 aromatic rings. The number of nitrogens with zero attached hydrogens (tertiary/aromatic N) is 2. The zero-order valence-corrected chi connectivity index (χ0v) is 14.0. The molecule has 0 saturated heterocycles. The smallest absolute Gasteiger partial charge is 0.251 e. The predicted octanol–water partition coefficient (Wildman–Crippen LogP) is 1.05. The van der Waals surface area contributed by atoms with E-state index in [9.17, 15) is 9.59 Å². The Morgan fingerprint density at radius 2 is 2.14 bits per heavy atom. The van der Waals surface area contributed by atoms with Gasteiger partial charge < -0.3 is 16.4 Å². The van der Waals surface area contributed by atoms with Crippen LogP contribution in [0.25, 0.3) is 0 Å². The number of hydrogen-bond acceptors (Lipinski definition) is 5. The van der Waals surface area contributed by atoms with Gasteiger partial charge in [0.05, 0.1) is 17.1 Å². The van der Waals surface area contributed by atoms with Gasteiger partial charge in [-0.15, -0.1) is 11.3 Å². The topological polar surface area (TPSA) is 92.7 Å². The normalized spacial score (nSPS) is 14.6. The third-order valence-electron chi connectivity index (χ3n) is 4.04. The lowest BCUT2D eigenvalue weighted by Crippen LogP contribution is -2.40. The molecule has 6 nitrogen and oxygen atoms in total. The zero-order valence-electron chi connectivity index (χ0n) is 13.2. The molecule has 1 aromatic heterocycles. The number of anilines is 1. The van der Waals surface area contributed by atoms with Crippen molar-refractivity contribution in [2.75, 3.05) is 32.4 Å². The Morgan fingerprint density at radius 1 is 1.41 bits per heavy atom. The molecule has 0 spiro atoms. The Bertz CT molecular complexity index is 570. The van der Waals surface area contributed by atoms with Gasteiger partial charge in [-0.25, -0.2) is 0 Å². The zero-order chi connectivity index (χ0) is 16.3. The van der Waals surface area contributed by atoms with Crippen molar-refractivity contribution in [1.82, 2.24) is 9.80 Å². The van der Waals surface area contributed by atoms with Crippen molar-refractivity contribution in [3.05, 3.63) is 16.0 Å². The van der Waals surface area contributed by atoms with E-state index in [2.05, 4.69) is 11.8 Å². The van der Waals surface area contributed by atoms with Crippen molar-refractivity contribution in [2.24, 2.45) is 5.73 Å². The van der Waals surface area contributed by atoms with E-state index in [1.54, 1.807) is 4.90 Å². The van der Waals surface area contributed by atoms with Crippen molar-refractivity contribution in [3.8, 4) is 0 Å². The quantitative estimate of drug-likeness (QED) is 0.818. The van der Waals surface area contributed by atoms with E-state index in [0.29, 0.717) is 30.1 Å². The van der Waals surface area contributed by atoms with Crippen LogP contribution in [-0.2, 0) is 17.8 Å². The Labute approximate surface area is 135 Å². The second-order valence-corrected chi connectivity index (χ2v) is 6.87. The molecule has 2 amide bonds. The second-order valence-electron chi connectivity index (χ2n) is 5.74. The van der Waals surface area contributed by atoms with Crippen LogP contribution in [0.15, 0.2) is 0 Å². The summed E-state index contributed by atoms with van der Waals surface area (Å²) >= 11 is 1.41. The Hall–Kier alpha value is -1.60. The maximum Gasteiger partial charge on any atom is 0.251 e. The molecular formula is C15H24N4O2S. The molecule has 0 radical (unpaired) electrons. The highest BCUT2D eigenvalue weighted by Gasteiger charge is 2.27. The van der Waals surface area contributed by atoms with Crippen molar-refractivity contribution in [3.63, 3.8) is 0 Å². The van der Waals surface area contributed by atoms with Crippen LogP contribution in [0.3, 0.4) is 0 Å². The molecule has 4 N–H and O–H groups in total. The van der Waals surface area contributed by atoms with Crippen LogP contribution in [0, 0.1) is 0 Å². The van der Waals surface area contributed by atoms with Crippen molar-refractivity contribution in [1.29, 1.82) is 0 Å². The van der Waals surface area contributed by atoms with Crippen LogP contribution in [0.2, 0.25) is 0 Å². The first kappa shape index (κ1) is 16.8. The first-order valence-electron chi connectivity index (χ1n) is 7.60. The maximum absolute atomic E-state index is 12.2. The minimum Gasteiger partial charge on any atom is -0.390 e. The molecule has 122 valence electrons. The summed E-state index contributed by atoms with van der Waals surface area (Å²) in [5.41, 5.74) is 12.7. The molecule has 1 aliphatic heterocycles. The summed E-state index contributed by atoms with van der Waals surface area (Å²) in [6, 6.07) is 0. The number of carbonyl (C=O) groups excluding carboxylic acids is 2. The van der Waals surface area contributed by atoms with Gasteiger partial charge in [-0.1, -0.05) is 13.3 Å². The van der Waals surface area contributed by atoms with Crippen LogP contribution in [0.1, 0.15) is 40.6 Å². The number of likely N-dealkylation sites (N-methyl/N-ethyl adjacent to an activating group) is 1. The molecule has 0 aliphatic carbocycles. The van der Waals surface area contributed by atoms with Crippen LogP contribution in [-0.4, -0.2) is 48.3 Å². The maximum atomic E-state index is 12.2. The van der Waals surface area contributed by atoms with Crippen LogP contribution >= 0.6 is 11.3 Å². The van der Waals surface area contributed by atoms with Gasteiger partial charge in [-0.3, -0.25) is 14.5 Å². The lowest BCUT2D eigenvalue weighted by Gasteiger charge is -2.28. The Kier molecular flexibility index (Phi) is 5.42. The average molecular weight is 324 g/mol. The largest absolute Gasteiger partial charge is 0.390 e. The van der Waals surface area contributed by atoms with Crippen LogP contribution in [0.5, 0.6) is 0 Å². The van der Waals surface area contributed by atoms with E-state index < -0.39 is 5.91 Å². The van der Waals surface area contributed by atoms with Crippen molar-refractivity contribution >= 4 is 28.2 Å². The van der Waals surface area contributed by atoms with Gasteiger partial charge in [0.1, 0.15) is 0 Å². The summed E-state index contributed by atoms with van der Waals surface area (Å²) < 4.78 is 0. The average Bonchev–Trinajstić information content (AvgIpc) is 2.79. The monoisotopic (exact) mass is 324 g/mol. The van der Waals surface area contributed by atoms with Gasteiger partial charge >= 0.3 is 0 Å². The van der Waals surface area contributed by atoms with E-state index in [-0.39, 0.29) is 5.91 Å². The summed E-state index contributed by atoms with van der Waals surface area (Å²) in [7, 11) is 1.85. The lowest BCUT2D eigenvalue weighted by atomic mass is 10.0. The van der Waals surface area contributed by atoms with Crippen molar-refractivity contribution in [2.45, 2.75) is 32.7 Å². The molecule has 0 aromatic carbocycles. The molecule has 0 fully saturated rings. The molecule has 0 saturated carbocycles. The standard InChI is InChI=1S/C15H24N4O2S/c1-3-4-6-18(2)12(20)9-19-7-5-10-11(8-19)22-15(17)13(10)14(16)21/h3-9,17H2,1-2H3,(H2,16,21). The summed E-state index contributed by atoms with van der Waals surface area (Å²) in [6.45, 7) is 4.72. The van der Waals surface area contributed by atoms with E-state index in [0.717, 1.165) is 36.4 Å². The van der Waals surface area contributed by atoms with E-state index >= 15 is 0 Å². The van der Waals surface area contributed by atoms with Gasteiger partial charge in [0.2, 0.25) is 5.91 Å². The first-order valence-corrected chi connectivity index (χ1v) is 8.41. The fraction of sp³-hybridized carbons (Fsp3) is 0.600. The van der Waals surface area contributed by atoms with Gasteiger partial charge in [0, 0.05) is 31.6 Å². The van der Waals surface area contributed by atoms with E-state index in [4.69, 9.17) is 11.5 Å². The molecule has 0 bridgehead atoms. The molecule has 7 heteroatoms. The van der Waals surface area contributed by atoms with E-state index in [1.807, 2.05) is 7.05 Å².